The molecule has 0 aromatic heterocycles. The van der Waals surface area contributed by atoms with E-state index in [1.165, 1.54) is 6.21 Å². The molecule has 12 heavy (non-hydrogen) atoms. The molecule has 0 radical (unpaired) electrons. The van der Waals surface area contributed by atoms with Gasteiger partial charge in [-0.3, -0.25) is 4.79 Å². The average molecular weight is 172 g/mol. The molecule has 70 valence electrons. The maximum atomic E-state index is 10.7. The number of hydrogen-bond acceptors (Lipinski definition) is 3. The maximum Gasteiger partial charge on any atom is 0.220 e. The number of amides is 1. The molecule has 0 fully saturated rings. The molecule has 0 aliphatic rings. The Hall–Kier alpha value is -1.06. The third-order valence-corrected chi connectivity index (χ3v) is 1.06. The number of carbonyl (C=O) groups is 1. The fourth-order valence-corrected chi connectivity index (χ4v) is 0.486. The molecule has 0 unspecified atom stereocenters. The molecule has 0 atom stereocenters. The summed E-state index contributed by atoms with van der Waals surface area (Å²) in [5.41, 5.74) is 0. The van der Waals surface area contributed by atoms with Crippen molar-refractivity contribution in [1.29, 1.82) is 0 Å². The highest BCUT2D eigenvalue weighted by atomic mass is 16.6. The van der Waals surface area contributed by atoms with E-state index in [9.17, 15) is 4.79 Å². The normalized spacial score (nSPS) is 10.7. The Labute approximate surface area is 73.0 Å². The summed E-state index contributed by atoms with van der Waals surface area (Å²) in [5, 5.41) is 6.28. The molecule has 0 heterocycles. The Morgan fingerprint density at radius 2 is 2.33 bits per heavy atom. The van der Waals surface area contributed by atoms with Crippen LogP contribution in [0.5, 0.6) is 0 Å². The topological polar surface area (TPSA) is 50.7 Å². The monoisotopic (exact) mass is 172 g/mol. The molecule has 0 saturated heterocycles. The van der Waals surface area contributed by atoms with Gasteiger partial charge in [-0.1, -0.05) is 12.1 Å². The van der Waals surface area contributed by atoms with E-state index in [2.05, 4.69) is 10.5 Å². The number of rotatable bonds is 5. The predicted octanol–water partition coefficient (Wildman–Crippen LogP) is 0.923. The molecule has 0 spiro atoms. The van der Waals surface area contributed by atoms with Crippen LogP contribution in [0.1, 0.15) is 27.2 Å². The van der Waals surface area contributed by atoms with Crippen LogP contribution in [-0.4, -0.2) is 24.8 Å². The largest absolute Gasteiger partial charge is 0.393 e. The van der Waals surface area contributed by atoms with E-state index in [-0.39, 0.29) is 12.0 Å². The van der Waals surface area contributed by atoms with Crippen LogP contribution in [0.4, 0.5) is 0 Å². The Balaban J connectivity index is 3.30. The van der Waals surface area contributed by atoms with Crippen LogP contribution in [0.3, 0.4) is 0 Å². The first-order chi connectivity index (χ1) is 5.66. The first-order valence-electron chi connectivity index (χ1n) is 4.11. The van der Waals surface area contributed by atoms with Crippen molar-refractivity contribution in [2.45, 2.75) is 33.3 Å². The van der Waals surface area contributed by atoms with Gasteiger partial charge in [-0.2, -0.15) is 0 Å². The lowest BCUT2D eigenvalue weighted by molar-refractivity contribution is -0.120. The van der Waals surface area contributed by atoms with E-state index >= 15 is 0 Å². The minimum absolute atomic E-state index is 0.0194. The lowest BCUT2D eigenvalue weighted by atomic mass is 10.4. The zero-order valence-corrected chi connectivity index (χ0v) is 7.83. The standard InChI is InChI=1S/C8H16N2O2/c1-4-8(11)9-5-6-10-12-7(2)3/h6-7H,4-5H2,1-3H3,(H,9,11). The third-order valence-electron chi connectivity index (χ3n) is 1.06. The Morgan fingerprint density at radius 3 is 2.83 bits per heavy atom. The predicted molar refractivity (Wildman–Crippen MR) is 48.0 cm³/mol. The fourth-order valence-electron chi connectivity index (χ4n) is 0.486. The van der Waals surface area contributed by atoms with Crippen molar-refractivity contribution >= 4 is 12.1 Å². The summed E-state index contributed by atoms with van der Waals surface area (Å²) in [5.74, 6) is 0.0194. The van der Waals surface area contributed by atoms with Crippen LogP contribution in [0.2, 0.25) is 0 Å². The smallest absolute Gasteiger partial charge is 0.220 e. The molecular formula is C8H16N2O2. The minimum Gasteiger partial charge on any atom is -0.393 e. The molecular weight excluding hydrogens is 156 g/mol. The van der Waals surface area contributed by atoms with Crippen LogP contribution in [-0.2, 0) is 9.63 Å². The van der Waals surface area contributed by atoms with Crippen molar-refractivity contribution in [3.8, 4) is 0 Å². The van der Waals surface area contributed by atoms with Crippen molar-refractivity contribution in [3.63, 3.8) is 0 Å². The Morgan fingerprint density at radius 1 is 1.67 bits per heavy atom. The second-order valence-electron chi connectivity index (χ2n) is 2.60. The molecule has 0 saturated carbocycles. The molecule has 0 aliphatic carbocycles. The van der Waals surface area contributed by atoms with Crippen LogP contribution in [0.25, 0.3) is 0 Å². The molecule has 1 amide bonds. The zero-order chi connectivity index (χ0) is 9.40. The van der Waals surface area contributed by atoms with Crippen molar-refractivity contribution in [1.82, 2.24) is 5.32 Å². The second kappa shape index (κ2) is 6.64. The lowest BCUT2D eigenvalue weighted by Crippen LogP contribution is -2.24. The van der Waals surface area contributed by atoms with E-state index < -0.39 is 0 Å². The van der Waals surface area contributed by atoms with E-state index in [4.69, 9.17) is 4.84 Å². The van der Waals surface area contributed by atoms with Gasteiger partial charge in [0.25, 0.3) is 0 Å². The van der Waals surface area contributed by atoms with Crippen molar-refractivity contribution in [2.75, 3.05) is 6.54 Å². The van der Waals surface area contributed by atoms with E-state index in [1.807, 2.05) is 13.8 Å². The number of nitrogens with zero attached hydrogens (tertiary/aromatic N) is 1. The highest BCUT2D eigenvalue weighted by Gasteiger charge is 1.92. The van der Waals surface area contributed by atoms with Crippen molar-refractivity contribution in [2.24, 2.45) is 5.16 Å². The summed E-state index contributed by atoms with van der Waals surface area (Å²) in [6.07, 6.45) is 2.12. The number of oxime groups is 1. The Bertz CT molecular complexity index is 155. The highest BCUT2D eigenvalue weighted by Crippen LogP contribution is 1.85. The van der Waals surface area contributed by atoms with Gasteiger partial charge in [-0.25, -0.2) is 0 Å². The van der Waals surface area contributed by atoms with E-state index in [0.717, 1.165) is 0 Å². The van der Waals surface area contributed by atoms with E-state index in [0.29, 0.717) is 13.0 Å². The molecule has 0 bridgehead atoms. The molecule has 4 nitrogen and oxygen atoms in total. The fraction of sp³-hybridized carbons (Fsp3) is 0.750. The number of nitrogens with one attached hydrogen (secondary N) is 1. The third kappa shape index (κ3) is 7.05. The van der Waals surface area contributed by atoms with Crippen LogP contribution < -0.4 is 5.32 Å². The van der Waals surface area contributed by atoms with Crippen molar-refractivity contribution < 1.29 is 9.63 Å². The average Bonchev–Trinajstić information content (AvgIpc) is 2.03. The van der Waals surface area contributed by atoms with Gasteiger partial charge in [0, 0.05) is 6.42 Å². The summed E-state index contributed by atoms with van der Waals surface area (Å²) in [6.45, 7) is 6.01. The van der Waals surface area contributed by atoms with Crippen LogP contribution in [0.15, 0.2) is 5.16 Å². The van der Waals surface area contributed by atoms with Crippen LogP contribution in [0, 0.1) is 0 Å². The van der Waals surface area contributed by atoms with Gasteiger partial charge in [0.05, 0.1) is 12.8 Å². The first-order valence-corrected chi connectivity index (χ1v) is 4.11. The van der Waals surface area contributed by atoms with E-state index in [1.54, 1.807) is 6.92 Å². The zero-order valence-electron chi connectivity index (χ0n) is 7.83. The van der Waals surface area contributed by atoms with Gasteiger partial charge in [0.2, 0.25) is 5.91 Å². The maximum absolute atomic E-state index is 10.7. The summed E-state index contributed by atoms with van der Waals surface area (Å²) >= 11 is 0. The molecule has 0 aliphatic heterocycles. The quantitative estimate of drug-likeness (QED) is 0.495. The van der Waals surface area contributed by atoms with Gasteiger partial charge in [-0.15, -0.1) is 0 Å². The number of hydrogen-bond donors (Lipinski definition) is 1. The molecule has 0 rings (SSSR count). The second-order valence-corrected chi connectivity index (χ2v) is 2.60. The van der Waals surface area contributed by atoms with Gasteiger partial charge in [0.15, 0.2) is 0 Å². The van der Waals surface area contributed by atoms with Gasteiger partial charge in [0.1, 0.15) is 6.10 Å². The molecule has 4 heteroatoms. The van der Waals surface area contributed by atoms with Gasteiger partial charge >= 0.3 is 0 Å². The Kier molecular flexibility index (Phi) is 6.05. The molecule has 1 N–H and O–H groups in total. The summed E-state index contributed by atoms with van der Waals surface area (Å²) in [6, 6.07) is 0. The summed E-state index contributed by atoms with van der Waals surface area (Å²) in [4.78, 5) is 15.6. The molecule has 0 aromatic carbocycles. The summed E-state index contributed by atoms with van der Waals surface area (Å²) < 4.78 is 0. The van der Waals surface area contributed by atoms with Gasteiger partial charge < -0.3 is 10.2 Å². The number of carbonyl (C=O) groups excluding carboxylic acids is 1. The first kappa shape index (κ1) is 10.9. The highest BCUT2D eigenvalue weighted by molar-refractivity contribution is 5.78. The lowest BCUT2D eigenvalue weighted by Gasteiger charge is -2.00. The van der Waals surface area contributed by atoms with Gasteiger partial charge in [-0.05, 0) is 13.8 Å². The minimum atomic E-state index is 0.0194. The summed E-state index contributed by atoms with van der Waals surface area (Å²) in [7, 11) is 0. The van der Waals surface area contributed by atoms with Crippen LogP contribution >= 0.6 is 0 Å². The molecule has 0 aromatic rings. The van der Waals surface area contributed by atoms with Crippen molar-refractivity contribution in [3.05, 3.63) is 0 Å². The SMILES string of the molecule is CCC(=O)NCC=NOC(C)C.